The number of hydrogen-bond donors (Lipinski definition) is 1. The quantitative estimate of drug-likeness (QED) is 0.623. The molecule has 2 rings (SSSR count). The molecule has 9 heteroatoms. The van der Waals surface area contributed by atoms with Crippen LogP contribution in [0.2, 0.25) is 0 Å². The highest BCUT2D eigenvalue weighted by molar-refractivity contribution is 6.06. The van der Waals surface area contributed by atoms with Crippen LogP contribution in [0, 0.1) is 10.2 Å². The summed E-state index contributed by atoms with van der Waals surface area (Å²) in [6, 6.07) is 9.05. The third-order valence-electron chi connectivity index (χ3n) is 4.17. The van der Waals surface area contributed by atoms with Crippen molar-refractivity contribution >= 4 is 22.1 Å². The Hall–Kier alpha value is -1.65. The van der Waals surface area contributed by atoms with E-state index in [4.69, 9.17) is 18.6 Å². The minimum absolute atomic E-state index is 0.939. The van der Waals surface area contributed by atoms with E-state index in [0.29, 0.717) is 0 Å². The van der Waals surface area contributed by atoms with Crippen LogP contribution in [0.25, 0.3) is 10.8 Å². The number of fused-ring (bicyclic) bond motifs is 1. The maximum Gasteiger partial charge on any atom is 0.0777 e. The summed E-state index contributed by atoms with van der Waals surface area (Å²) in [6.07, 6.45) is 0. The van der Waals surface area contributed by atoms with Gasteiger partial charge in [0.2, 0.25) is 0 Å². The highest BCUT2D eigenvalue weighted by Crippen LogP contribution is 2.39. The molecule has 2 aromatic rings. The molecule has 0 atom stereocenters. The number of benzene rings is 2. The fourth-order valence-electron chi connectivity index (χ4n) is 3.43. The van der Waals surface area contributed by atoms with E-state index in [1.54, 1.807) is 0 Å². The van der Waals surface area contributed by atoms with Crippen LogP contribution in [-0.2, 0) is 13.1 Å². The molecule has 0 aromatic heterocycles. The lowest BCUT2D eigenvalue weighted by Crippen LogP contribution is -2.58. The van der Waals surface area contributed by atoms with Gasteiger partial charge in [-0.05, 0) is 44.7 Å². The first-order chi connectivity index (χ1) is 13.2. The van der Waals surface area contributed by atoms with Gasteiger partial charge in [-0.25, -0.2) is 0 Å². The molecule has 8 nitrogen and oxygen atoms in total. The van der Waals surface area contributed by atoms with Gasteiger partial charge in [0, 0.05) is 46.7 Å². The van der Waals surface area contributed by atoms with Crippen LogP contribution < -0.4 is 23.8 Å². The maximum absolute atomic E-state index is 8.60. The first kappa shape index (κ1) is 25.4. The summed E-state index contributed by atoms with van der Waals surface area (Å²) < 4.78 is 32.7. The second kappa shape index (κ2) is 10.4. The molecule has 2 aromatic carbocycles. The lowest BCUT2D eigenvalue weighted by atomic mass is 9.97. The van der Waals surface area contributed by atoms with Gasteiger partial charge in [0.1, 0.15) is 0 Å². The Kier molecular flexibility index (Phi) is 9.10. The predicted molar refractivity (Wildman–Crippen MR) is 110 cm³/mol. The van der Waals surface area contributed by atoms with Gasteiger partial charge < -0.3 is 19.6 Å². The van der Waals surface area contributed by atoms with Crippen LogP contribution in [0.4, 0.5) is 11.4 Å². The molecular formula is C20H33ClN4O4. The van der Waals surface area contributed by atoms with Gasteiger partial charge in [-0.3, -0.25) is 0 Å². The van der Waals surface area contributed by atoms with Crippen molar-refractivity contribution in [1.82, 2.24) is 9.80 Å². The monoisotopic (exact) mass is 428 g/mol. The number of rotatable bonds is 6. The van der Waals surface area contributed by atoms with Crippen LogP contribution >= 0.6 is 0 Å². The first-order valence-corrected chi connectivity index (χ1v) is 10.3. The van der Waals surface area contributed by atoms with Crippen molar-refractivity contribution in [2.45, 2.75) is 13.1 Å². The molecule has 0 aliphatic rings. The van der Waals surface area contributed by atoms with Gasteiger partial charge in [0.05, 0.1) is 26.3 Å². The summed E-state index contributed by atoms with van der Waals surface area (Å²) in [5.41, 5.74) is 5.38. The number of nitrogens with zero attached hydrogens (tertiary/aromatic N) is 4. The molecule has 0 fully saturated rings. The molecule has 1 N–H and O–H groups in total. The summed E-state index contributed by atoms with van der Waals surface area (Å²) in [7, 11) is 12.4. The second-order valence-corrected chi connectivity index (χ2v) is 8.70. The summed E-state index contributed by atoms with van der Waals surface area (Å²) in [5, 5.41) is 2.65. The van der Waals surface area contributed by atoms with E-state index in [2.05, 4.69) is 100 Å². The zero-order valence-corrected chi connectivity index (χ0v) is 19.3. The zero-order chi connectivity index (χ0) is 22.5. The molecule has 0 spiro atoms. The van der Waals surface area contributed by atoms with Crippen LogP contribution in [0.5, 0.6) is 0 Å². The number of anilines is 2. The molecule has 29 heavy (non-hydrogen) atoms. The van der Waals surface area contributed by atoms with E-state index in [1.807, 2.05) is 0 Å². The molecule has 0 heterocycles. The largest absolute Gasteiger partial charge is 0.377 e. The SMILES string of the molecule is CN(C)Cc1ccc2ccc(CN(C)C)c(N(C)C)c2c1N(C)C.[O-][Cl+3]([O-])([O-])O. The lowest BCUT2D eigenvalue weighted by molar-refractivity contribution is -1.92. The minimum Gasteiger partial charge on any atom is -0.377 e. The molecule has 0 aliphatic heterocycles. The zero-order valence-electron chi connectivity index (χ0n) is 18.6. The Morgan fingerprint density at radius 1 is 0.690 bits per heavy atom. The molecule has 0 bridgehead atoms. The Morgan fingerprint density at radius 3 is 1.24 bits per heavy atom. The van der Waals surface area contributed by atoms with Crippen LogP contribution in [-0.4, -0.2) is 70.8 Å². The third-order valence-corrected chi connectivity index (χ3v) is 4.17. The Labute approximate surface area is 175 Å². The third kappa shape index (κ3) is 7.94. The van der Waals surface area contributed by atoms with Crippen LogP contribution in [0.1, 0.15) is 11.1 Å². The lowest BCUT2D eigenvalue weighted by Gasteiger charge is -2.28. The van der Waals surface area contributed by atoms with Crippen molar-refractivity contribution in [1.29, 1.82) is 0 Å². The van der Waals surface area contributed by atoms with E-state index >= 15 is 0 Å². The molecule has 0 unspecified atom stereocenters. The maximum atomic E-state index is 8.60. The molecule has 0 aliphatic carbocycles. The highest BCUT2D eigenvalue weighted by atomic mass is 35.7. The summed E-state index contributed by atoms with van der Waals surface area (Å²) in [4.78, 5) is 8.97. The summed E-state index contributed by atoms with van der Waals surface area (Å²) >= 11 is 0. The van der Waals surface area contributed by atoms with Crippen molar-refractivity contribution in [3.63, 3.8) is 0 Å². The Balaban J connectivity index is 0.000000749. The molecule has 164 valence electrons. The molecule has 0 saturated heterocycles. The number of hydrogen-bond acceptors (Lipinski definition) is 8. The van der Waals surface area contributed by atoms with E-state index < -0.39 is 10.2 Å². The van der Waals surface area contributed by atoms with Gasteiger partial charge in [-0.15, -0.1) is 0 Å². The molecule has 0 amide bonds. The van der Waals surface area contributed by atoms with Crippen molar-refractivity contribution < 1.29 is 28.9 Å². The highest BCUT2D eigenvalue weighted by Gasteiger charge is 2.18. The predicted octanol–water partition coefficient (Wildman–Crippen LogP) is -1.03. The fourth-order valence-corrected chi connectivity index (χ4v) is 3.43. The fraction of sp³-hybridized carbons (Fsp3) is 0.500. The second-order valence-electron chi connectivity index (χ2n) is 7.91. The number of halogens is 1. The van der Waals surface area contributed by atoms with Gasteiger partial charge in [0.25, 0.3) is 0 Å². The van der Waals surface area contributed by atoms with E-state index in [1.165, 1.54) is 33.3 Å². The average molecular weight is 429 g/mol. The van der Waals surface area contributed by atoms with Crippen molar-refractivity contribution in [2.24, 2.45) is 0 Å². The van der Waals surface area contributed by atoms with E-state index in [0.717, 1.165) is 13.1 Å². The molecule has 0 radical (unpaired) electrons. The van der Waals surface area contributed by atoms with Crippen LogP contribution in [0.3, 0.4) is 0 Å². The Bertz CT molecular complexity index is 742. The standard InChI is InChI=1S/C20H32N4.ClHO4/c1-21(2)13-16-11-9-15-10-12-17(14-22(3)4)20(24(7)8)18(15)19(16)23(5)6;2-1(3,4)5/h9-12H,13-14H2,1-8H3;(H,2,3,4,5). The van der Waals surface area contributed by atoms with E-state index in [9.17, 15) is 0 Å². The van der Waals surface area contributed by atoms with Gasteiger partial charge in [-0.2, -0.15) is 14.0 Å². The first-order valence-electron chi connectivity index (χ1n) is 9.07. The smallest absolute Gasteiger partial charge is 0.0777 e. The Morgan fingerprint density at radius 2 is 1.00 bits per heavy atom. The van der Waals surface area contributed by atoms with Crippen molar-refractivity contribution in [3.05, 3.63) is 35.4 Å². The summed E-state index contributed by atoms with van der Waals surface area (Å²) in [6.45, 7) is 1.88. The topological polar surface area (TPSA) is 102 Å². The van der Waals surface area contributed by atoms with Gasteiger partial charge in [0.15, 0.2) is 0 Å². The van der Waals surface area contributed by atoms with Crippen LogP contribution in [0.15, 0.2) is 24.3 Å². The molecule has 0 saturated carbocycles. The van der Waals surface area contributed by atoms with E-state index in [-0.39, 0.29) is 0 Å². The molecular weight excluding hydrogens is 396 g/mol. The normalized spacial score (nSPS) is 11.7. The summed E-state index contributed by atoms with van der Waals surface area (Å²) in [5.74, 6) is 0. The van der Waals surface area contributed by atoms with Crippen molar-refractivity contribution in [2.75, 3.05) is 66.2 Å². The van der Waals surface area contributed by atoms with Crippen molar-refractivity contribution in [3.8, 4) is 0 Å². The van der Waals surface area contributed by atoms with Gasteiger partial charge in [-0.1, -0.05) is 24.3 Å². The van der Waals surface area contributed by atoms with Gasteiger partial charge >= 0.3 is 0 Å². The minimum atomic E-state index is -4.69. The average Bonchev–Trinajstić information content (AvgIpc) is 2.50.